The van der Waals surface area contributed by atoms with E-state index in [1.54, 1.807) is 17.3 Å². The Bertz CT molecular complexity index is 955. The minimum atomic E-state index is 0.758. The van der Waals surface area contributed by atoms with Gasteiger partial charge in [-0.1, -0.05) is 67.2 Å². The number of rotatable bonds is 4. The highest BCUT2D eigenvalue weighted by molar-refractivity contribution is 5.83. The SMILES string of the molecule is C=C(c1ccccc1)c1nn(-c2ccoc2)nc1-c1ccccc1. The number of furan rings is 1. The van der Waals surface area contributed by atoms with Crippen molar-refractivity contribution in [3.8, 4) is 16.9 Å². The zero-order valence-corrected chi connectivity index (χ0v) is 13.0. The van der Waals surface area contributed by atoms with Gasteiger partial charge in [0.2, 0.25) is 0 Å². The van der Waals surface area contributed by atoms with Gasteiger partial charge in [-0.15, -0.1) is 15.0 Å². The first kappa shape index (κ1) is 14.2. The molecule has 0 aliphatic carbocycles. The quantitative estimate of drug-likeness (QED) is 0.553. The van der Waals surface area contributed by atoms with Crippen LogP contribution < -0.4 is 0 Å². The summed E-state index contributed by atoms with van der Waals surface area (Å²) in [5.74, 6) is 0. The van der Waals surface area contributed by atoms with Crippen LogP contribution in [0.25, 0.3) is 22.5 Å². The maximum atomic E-state index is 5.15. The lowest BCUT2D eigenvalue weighted by Gasteiger charge is -2.04. The van der Waals surface area contributed by atoms with E-state index in [4.69, 9.17) is 4.42 Å². The van der Waals surface area contributed by atoms with Gasteiger partial charge in [-0.05, 0) is 5.56 Å². The zero-order chi connectivity index (χ0) is 16.4. The van der Waals surface area contributed by atoms with Crippen LogP contribution in [0, 0.1) is 0 Å². The fourth-order valence-electron chi connectivity index (χ4n) is 2.56. The molecule has 0 bridgehead atoms. The zero-order valence-electron chi connectivity index (χ0n) is 13.0. The summed E-state index contributed by atoms with van der Waals surface area (Å²) < 4.78 is 5.15. The average molecular weight is 313 g/mol. The van der Waals surface area contributed by atoms with Crippen LogP contribution in [-0.4, -0.2) is 15.0 Å². The molecule has 116 valence electrons. The standard InChI is InChI=1S/C20H15N3O/c1-15(16-8-4-2-5-9-16)19-20(17-10-6-3-7-11-17)22-23(21-19)18-12-13-24-14-18/h2-14H,1H2. The number of nitrogens with zero attached hydrogens (tertiary/aromatic N) is 3. The van der Waals surface area contributed by atoms with Crippen molar-refractivity contribution >= 4 is 5.57 Å². The van der Waals surface area contributed by atoms with Crippen LogP contribution in [-0.2, 0) is 0 Å². The van der Waals surface area contributed by atoms with Gasteiger partial charge in [0.05, 0.1) is 6.26 Å². The highest BCUT2D eigenvalue weighted by atomic mass is 16.3. The van der Waals surface area contributed by atoms with Crippen molar-refractivity contribution < 1.29 is 4.42 Å². The molecule has 0 radical (unpaired) electrons. The second kappa shape index (κ2) is 6.01. The van der Waals surface area contributed by atoms with Gasteiger partial charge >= 0.3 is 0 Å². The molecule has 0 amide bonds. The molecule has 0 aliphatic rings. The largest absolute Gasteiger partial charge is 0.470 e. The maximum Gasteiger partial charge on any atom is 0.124 e. The molecule has 0 N–H and O–H groups in total. The Morgan fingerprint density at radius 1 is 0.875 bits per heavy atom. The number of aromatic nitrogens is 3. The third kappa shape index (κ3) is 2.54. The summed E-state index contributed by atoms with van der Waals surface area (Å²) >= 11 is 0. The summed E-state index contributed by atoms with van der Waals surface area (Å²) in [7, 11) is 0. The van der Waals surface area contributed by atoms with Crippen molar-refractivity contribution in [2.75, 3.05) is 0 Å². The highest BCUT2D eigenvalue weighted by Gasteiger charge is 2.18. The van der Waals surface area contributed by atoms with Crippen LogP contribution in [0.2, 0.25) is 0 Å². The first-order valence-electron chi connectivity index (χ1n) is 7.63. The molecule has 4 rings (SSSR count). The van der Waals surface area contributed by atoms with E-state index in [0.29, 0.717) is 0 Å². The van der Waals surface area contributed by atoms with E-state index in [1.165, 1.54) is 0 Å². The van der Waals surface area contributed by atoms with E-state index in [2.05, 4.69) is 16.8 Å². The summed E-state index contributed by atoms with van der Waals surface area (Å²) in [6.07, 6.45) is 3.22. The smallest absolute Gasteiger partial charge is 0.124 e. The third-order valence-electron chi connectivity index (χ3n) is 3.81. The van der Waals surface area contributed by atoms with Crippen LogP contribution in [0.4, 0.5) is 0 Å². The van der Waals surface area contributed by atoms with Gasteiger partial charge in [-0.2, -0.15) is 0 Å². The molecule has 0 unspecified atom stereocenters. The van der Waals surface area contributed by atoms with Crippen LogP contribution in [0.1, 0.15) is 11.3 Å². The van der Waals surface area contributed by atoms with Gasteiger partial charge in [0.15, 0.2) is 0 Å². The molecule has 0 fully saturated rings. The number of benzene rings is 2. The van der Waals surface area contributed by atoms with Crippen molar-refractivity contribution in [2.45, 2.75) is 0 Å². The van der Waals surface area contributed by atoms with Crippen LogP contribution >= 0.6 is 0 Å². The molecule has 2 heterocycles. The topological polar surface area (TPSA) is 43.9 Å². The molecular formula is C20H15N3O. The van der Waals surface area contributed by atoms with Crippen molar-refractivity contribution in [2.24, 2.45) is 0 Å². The van der Waals surface area contributed by atoms with Crippen molar-refractivity contribution in [1.29, 1.82) is 0 Å². The number of hydrogen-bond acceptors (Lipinski definition) is 3. The average Bonchev–Trinajstić information content (AvgIpc) is 3.32. The van der Waals surface area contributed by atoms with Crippen molar-refractivity contribution in [1.82, 2.24) is 15.0 Å². The first-order valence-corrected chi connectivity index (χ1v) is 7.63. The molecular weight excluding hydrogens is 298 g/mol. The second-order valence-electron chi connectivity index (χ2n) is 5.38. The molecule has 4 nitrogen and oxygen atoms in total. The van der Waals surface area contributed by atoms with Gasteiger partial charge in [0.25, 0.3) is 0 Å². The van der Waals surface area contributed by atoms with E-state index in [0.717, 1.165) is 33.8 Å². The molecule has 0 aliphatic heterocycles. The van der Waals surface area contributed by atoms with E-state index in [9.17, 15) is 0 Å². The highest BCUT2D eigenvalue weighted by Crippen LogP contribution is 2.29. The molecule has 4 aromatic rings. The molecule has 24 heavy (non-hydrogen) atoms. The lowest BCUT2D eigenvalue weighted by Crippen LogP contribution is -1.97. The Hall–Kier alpha value is -3.40. The first-order chi connectivity index (χ1) is 11.8. The molecule has 0 atom stereocenters. The Morgan fingerprint density at radius 2 is 1.58 bits per heavy atom. The van der Waals surface area contributed by atoms with Gasteiger partial charge < -0.3 is 4.42 Å². The fraction of sp³-hybridized carbons (Fsp3) is 0. The van der Waals surface area contributed by atoms with Gasteiger partial charge in [-0.25, -0.2) is 0 Å². The van der Waals surface area contributed by atoms with Crippen LogP contribution in [0.5, 0.6) is 0 Å². The molecule has 4 heteroatoms. The summed E-state index contributed by atoms with van der Waals surface area (Å²) in [5, 5.41) is 9.31. The van der Waals surface area contributed by atoms with Gasteiger partial charge in [-0.3, -0.25) is 0 Å². The van der Waals surface area contributed by atoms with E-state index >= 15 is 0 Å². The monoisotopic (exact) mass is 313 g/mol. The Balaban J connectivity index is 1.87. The minimum Gasteiger partial charge on any atom is -0.470 e. The summed E-state index contributed by atoms with van der Waals surface area (Å²) in [6.45, 7) is 4.24. The lowest BCUT2D eigenvalue weighted by molar-refractivity contribution is 0.562. The van der Waals surface area contributed by atoms with E-state index < -0.39 is 0 Å². The predicted molar refractivity (Wildman–Crippen MR) is 93.6 cm³/mol. The lowest BCUT2D eigenvalue weighted by atomic mass is 10.0. The van der Waals surface area contributed by atoms with Crippen LogP contribution in [0.3, 0.4) is 0 Å². The Kier molecular flexibility index (Phi) is 3.56. The number of hydrogen-bond donors (Lipinski definition) is 0. The summed E-state index contributed by atoms with van der Waals surface area (Å²) in [5.41, 5.74) is 5.19. The Morgan fingerprint density at radius 3 is 2.25 bits per heavy atom. The minimum absolute atomic E-state index is 0.758. The fourth-order valence-corrected chi connectivity index (χ4v) is 2.56. The summed E-state index contributed by atoms with van der Waals surface area (Å²) in [4.78, 5) is 1.58. The molecule has 0 saturated carbocycles. The van der Waals surface area contributed by atoms with Gasteiger partial charge in [0.1, 0.15) is 23.3 Å². The second-order valence-corrected chi connectivity index (χ2v) is 5.38. The van der Waals surface area contributed by atoms with E-state index in [-0.39, 0.29) is 0 Å². The van der Waals surface area contributed by atoms with E-state index in [1.807, 2.05) is 66.7 Å². The molecule has 0 spiro atoms. The third-order valence-corrected chi connectivity index (χ3v) is 3.81. The Labute approximate surface area is 139 Å². The van der Waals surface area contributed by atoms with Crippen molar-refractivity contribution in [3.05, 3.63) is 97.1 Å². The normalized spacial score (nSPS) is 10.7. The van der Waals surface area contributed by atoms with Gasteiger partial charge in [0, 0.05) is 17.2 Å². The maximum absolute atomic E-state index is 5.15. The van der Waals surface area contributed by atoms with Crippen LogP contribution in [0.15, 0.2) is 90.3 Å². The molecule has 2 aromatic heterocycles. The predicted octanol–water partition coefficient (Wildman–Crippen LogP) is 4.59. The molecule has 0 saturated heterocycles. The van der Waals surface area contributed by atoms with Crippen molar-refractivity contribution in [3.63, 3.8) is 0 Å². The summed E-state index contributed by atoms with van der Waals surface area (Å²) in [6, 6.07) is 21.8. The molecule has 2 aromatic carbocycles.